The van der Waals surface area contributed by atoms with Gasteiger partial charge in [0.25, 0.3) is 11.8 Å². The normalized spacial score (nSPS) is 16.6. The average molecular weight is 459 g/mol. The van der Waals surface area contributed by atoms with E-state index in [1.165, 1.54) is 25.1 Å². The van der Waals surface area contributed by atoms with E-state index >= 15 is 0 Å². The quantitative estimate of drug-likeness (QED) is 0.525. The summed E-state index contributed by atoms with van der Waals surface area (Å²) < 4.78 is 5.91. The molecule has 1 aliphatic rings. The van der Waals surface area contributed by atoms with Gasteiger partial charge in [-0.15, -0.1) is 0 Å². The highest BCUT2D eigenvalue weighted by atomic mass is 79.9. The van der Waals surface area contributed by atoms with E-state index in [0.717, 1.165) is 4.90 Å². The van der Waals surface area contributed by atoms with Crippen LogP contribution in [0.2, 0.25) is 0 Å². The molecule has 3 rings (SSSR count). The van der Waals surface area contributed by atoms with Gasteiger partial charge in [0.2, 0.25) is 0 Å². The highest BCUT2D eigenvalue weighted by Gasteiger charge is 2.36. The minimum atomic E-state index is -1.10. The minimum Gasteiger partial charge on any atom is -0.479 e. The molecule has 0 radical (unpaired) electrons. The lowest BCUT2D eigenvalue weighted by atomic mass is 10.1. The van der Waals surface area contributed by atoms with Crippen LogP contribution in [0.25, 0.3) is 6.08 Å². The second kappa shape index (κ2) is 8.27. The molecule has 1 aliphatic heterocycles. The molecule has 0 spiro atoms. The maximum atomic E-state index is 12.8. The van der Waals surface area contributed by atoms with E-state index in [9.17, 15) is 19.2 Å². The largest absolute Gasteiger partial charge is 0.479 e. The number of nitrogens with one attached hydrogen (secondary N) is 1. The molecule has 1 heterocycles. The van der Waals surface area contributed by atoms with Gasteiger partial charge in [-0.25, -0.2) is 14.5 Å². The van der Waals surface area contributed by atoms with E-state index in [1.807, 2.05) is 0 Å². The zero-order valence-electron chi connectivity index (χ0n) is 15.1. The summed E-state index contributed by atoms with van der Waals surface area (Å²) in [6.07, 6.45) is 0.328. The van der Waals surface area contributed by atoms with Crippen LogP contribution >= 0.6 is 15.9 Å². The molecule has 1 unspecified atom stereocenters. The van der Waals surface area contributed by atoms with Crippen molar-refractivity contribution in [2.24, 2.45) is 0 Å². The summed E-state index contributed by atoms with van der Waals surface area (Å²) in [5.74, 6) is -2.33. The van der Waals surface area contributed by atoms with Gasteiger partial charge in [-0.1, -0.05) is 34.1 Å². The first-order valence-corrected chi connectivity index (χ1v) is 9.22. The third kappa shape index (κ3) is 4.52. The zero-order valence-corrected chi connectivity index (χ0v) is 16.7. The maximum absolute atomic E-state index is 12.8. The van der Waals surface area contributed by atoms with Crippen LogP contribution in [0.15, 0.2) is 58.6 Å². The topological polar surface area (TPSA) is 113 Å². The van der Waals surface area contributed by atoms with Crippen molar-refractivity contribution in [1.29, 1.82) is 0 Å². The number of ether oxygens (including phenoxy) is 1. The predicted octanol–water partition coefficient (Wildman–Crippen LogP) is 2.97. The maximum Gasteiger partial charge on any atom is 0.344 e. The Bertz CT molecular complexity index is 1030. The van der Waals surface area contributed by atoms with E-state index in [4.69, 9.17) is 9.84 Å². The lowest BCUT2D eigenvalue weighted by molar-refractivity contribution is -0.144. The first kappa shape index (κ1) is 20.3. The summed E-state index contributed by atoms with van der Waals surface area (Å²) >= 11 is 3.28. The van der Waals surface area contributed by atoms with E-state index in [2.05, 4.69) is 21.2 Å². The number of barbiturate groups is 1. The Kier molecular flexibility index (Phi) is 5.79. The molecule has 2 aromatic rings. The zero-order chi connectivity index (χ0) is 21.1. The van der Waals surface area contributed by atoms with Crippen LogP contribution in [-0.2, 0) is 14.4 Å². The second-order valence-electron chi connectivity index (χ2n) is 6.11. The van der Waals surface area contributed by atoms with Crippen molar-refractivity contribution in [1.82, 2.24) is 5.32 Å². The average Bonchev–Trinajstić information content (AvgIpc) is 2.66. The third-order valence-electron chi connectivity index (χ3n) is 4.02. The molecule has 29 heavy (non-hydrogen) atoms. The van der Waals surface area contributed by atoms with Crippen LogP contribution in [0, 0.1) is 0 Å². The highest BCUT2D eigenvalue weighted by Crippen LogP contribution is 2.25. The number of rotatable bonds is 5. The number of halogens is 1. The van der Waals surface area contributed by atoms with Gasteiger partial charge in [-0.05, 0) is 48.9 Å². The number of carbonyl (C=O) groups excluding carboxylic acids is 3. The summed E-state index contributed by atoms with van der Waals surface area (Å²) in [6.45, 7) is 1.40. The van der Waals surface area contributed by atoms with Crippen molar-refractivity contribution < 1.29 is 29.0 Å². The fourth-order valence-electron chi connectivity index (χ4n) is 2.57. The van der Waals surface area contributed by atoms with Gasteiger partial charge in [0, 0.05) is 4.47 Å². The molecule has 8 nitrogen and oxygen atoms in total. The molecule has 0 saturated carbocycles. The standard InChI is InChI=1S/C20H15BrN2O6/c1-11(19(26)27)29-15-7-5-12(6-8-15)9-16-17(24)22-20(28)23(18(16)25)14-4-2-3-13(21)10-14/h2-11H,1H3,(H,26,27)(H,22,24,28)/b16-9+. The highest BCUT2D eigenvalue weighted by molar-refractivity contribution is 9.10. The van der Waals surface area contributed by atoms with Crippen molar-refractivity contribution in [3.8, 4) is 5.75 Å². The fraction of sp³-hybridized carbons (Fsp3) is 0.100. The van der Waals surface area contributed by atoms with Crippen molar-refractivity contribution in [3.63, 3.8) is 0 Å². The Morgan fingerprint density at radius 2 is 1.86 bits per heavy atom. The Balaban J connectivity index is 1.87. The molecule has 0 aromatic heterocycles. The minimum absolute atomic E-state index is 0.211. The molecule has 2 aromatic carbocycles. The summed E-state index contributed by atoms with van der Waals surface area (Å²) in [6, 6.07) is 11.9. The van der Waals surface area contributed by atoms with Gasteiger partial charge in [-0.3, -0.25) is 14.9 Å². The lowest BCUT2D eigenvalue weighted by Crippen LogP contribution is -2.54. The van der Waals surface area contributed by atoms with Crippen molar-refractivity contribution in [3.05, 3.63) is 64.1 Å². The predicted molar refractivity (Wildman–Crippen MR) is 107 cm³/mol. The number of anilines is 1. The number of nitrogens with zero attached hydrogens (tertiary/aromatic N) is 1. The molecule has 4 amide bonds. The SMILES string of the molecule is CC(Oc1ccc(/C=C2\C(=O)NC(=O)N(c3cccc(Br)c3)C2=O)cc1)C(=O)O. The molecule has 0 aliphatic carbocycles. The van der Waals surface area contributed by atoms with Crippen LogP contribution in [0.5, 0.6) is 5.75 Å². The molecular formula is C20H15BrN2O6. The molecular weight excluding hydrogens is 444 g/mol. The van der Waals surface area contributed by atoms with Gasteiger partial charge < -0.3 is 9.84 Å². The molecule has 2 N–H and O–H groups in total. The van der Waals surface area contributed by atoms with Gasteiger partial charge >= 0.3 is 12.0 Å². The number of benzene rings is 2. The number of carbonyl (C=O) groups is 4. The summed E-state index contributed by atoms with van der Waals surface area (Å²) in [7, 11) is 0. The first-order valence-electron chi connectivity index (χ1n) is 8.43. The first-order chi connectivity index (χ1) is 13.8. The Labute approximate surface area is 173 Å². The lowest BCUT2D eigenvalue weighted by Gasteiger charge is -2.26. The van der Waals surface area contributed by atoms with Crippen LogP contribution in [0.3, 0.4) is 0 Å². The second-order valence-corrected chi connectivity index (χ2v) is 7.02. The van der Waals surface area contributed by atoms with E-state index < -0.39 is 29.9 Å². The molecule has 9 heteroatoms. The molecule has 1 saturated heterocycles. The van der Waals surface area contributed by atoms with Crippen molar-refractivity contribution >= 4 is 51.5 Å². The number of hydrogen-bond acceptors (Lipinski definition) is 5. The van der Waals surface area contributed by atoms with Crippen LogP contribution in [0.4, 0.5) is 10.5 Å². The van der Waals surface area contributed by atoms with Gasteiger partial charge in [0.05, 0.1) is 5.69 Å². The Morgan fingerprint density at radius 1 is 1.17 bits per heavy atom. The monoisotopic (exact) mass is 458 g/mol. The van der Waals surface area contributed by atoms with E-state index in [-0.39, 0.29) is 5.57 Å². The molecule has 1 fully saturated rings. The number of urea groups is 1. The van der Waals surface area contributed by atoms with Gasteiger partial charge in [0.1, 0.15) is 11.3 Å². The molecule has 1 atom stereocenters. The summed E-state index contributed by atoms with van der Waals surface area (Å²) in [4.78, 5) is 48.9. The third-order valence-corrected chi connectivity index (χ3v) is 4.51. The molecule has 0 bridgehead atoms. The van der Waals surface area contributed by atoms with E-state index in [1.54, 1.807) is 36.4 Å². The van der Waals surface area contributed by atoms with Crippen LogP contribution < -0.4 is 15.0 Å². The van der Waals surface area contributed by atoms with Gasteiger partial charge in [0.15, 0.2) is 6.10 Å². The Morgan fingerprint density at radius 3 is 2.48 bits per heavy atom. The Hall–Kier alpha value is -3.46. The fourth-order valence-corrected chi connectivity index (χ4v) is 2.96. The van der Waals surface area contributed by atoms with Crippen molar-refractivity contribution in [2.45, 2.75) is 13.0 Å². The molecule has 148 valence electrons. The summed E-state index contributed by atoms with van der Waals surface area (Å²) in [5.41, 5.74) is 0.603. The number of hydrogen-bond donors (Lipinski definition) is 2. The number of imide groups is 2. The van der Waals surface area contributed by atoms with Crippen LogP contribution in [-0.4, -0.2) is 35.0 Å². The van der Waals surface area contributed by atoms with E-state index in [0.29, 0.717) is 21.5 Å². The number of carboxylic acid groups (broad SMARTS) is 1. The number of carboxylic acids is 1. The van der Waals surface area contributed by atoms with Gasteiger partial charge in [-0.2, -0.15) is 0 Å². The number of aliphatic carboxylic acids is 1. The smallest absolute Gasteiger partial charge is 0.344 e. The van der Waals surface area contributed by atoms with Crippen molar-refractivity contribution in [2.75, 3.05) is 4.90 Å². The van der Waals surface area contributed by atoms with Crippen LogP contribution in [0.1, 0.15) is 12.5 Å². The number of amides is 4. The summed E-state index contributed by atoms with van der Waals surface area (Å²) in [5, 5.41) is 11.0.